The van der Waals surface area contributed by atoms with Crippen LogP contribution in [0.2, 0.25) is 5.02 Å². The summed E-state index contributed by atoms with van der Waals surface area (Å²) in [5.74, 6) is 0.712. The molecule has 0 aliphatic rings. The van der Waals surface area contributed by atoms with Crippen molar-refractivity contribution in [1.82, 2.24) is 5.32 Å². The molecule has 1 atom stereocenters. The molecular formula is C16H24ClNO3. The van der Waals surface area contributed by atoms with Crippen LogP contribution in [-0.2, 0) is 4.74 Å². The first-order valence-corrected chi connectivity index (χ1v) is 7.47. The van der Waals surface area contributed by atoms with Crippen molar-refractivity contribution in [2.45, 2.75) is 19.4 Å². The van der Waals surface area contributed by atoms with Crippen molar-refractivity contribution in [2.75, 3.05) is 32.9 Å². The molecule has 0 aromatic heterocycles. The summed E-state index contributed by atoms with van der Waals surface area (Å²) >= 11 is 5.94. The maximum absolute atomic E-state index is 9.81. The Balaban J connectivity index is 2.09. The van der Waals surface area contributed by atoms with Crippen LogP contribution in [0.3, 0.4) is 0 Å². The first-order valence-electron chi connectivity index (χ1n) is 7.10. The third-order valence-corrected chi connectivity index (χ3v) is 3.27. The van der Waals surface area contributed by atoms with E-state index in [4.69, 9.17) is 21.1 Å². The van der Waals surface area contributed by atoms with E-state index in [1.807, 2.05) is 19.1 Å². The second-order valence-corrected chi connectivity index (χ2v) is 5.18. The molecule has 2 N–H and O–H groups in total. The number of hydrogen-bond acceptors (Lipinski definition) is 4. The lowest BCUT2D eigenvalue weighted by molar-refractivity contribution is 0.0993. The normalized spacial score (nSPS) is 12.1. The lowest BCUT2D eigenvalue weighted by Gasteiger charge is -2.14. The van der Waals surface area contributed by atoms with Gasteiger partial charge >= 0.3 is 0 Å². The van der Waals surface area contributed by atoms with Crippen LogP contribution in [0, 0.1) is 6.92 Å². The molecule has 1 unspecified atom stereocenters. The Morgan fingerprint density at radius 1 is 1.43 bits per heavy atom. The molecule has 118 valence electrons. The highest BCUT2D eigenvalue weighted by Crippen LogP contribution is 2.20. The number of rotatable bonds is 11. The number of nitrogens with one attached hydrogen (secondary N) is 1. The van der Waals surface area contributed by atoms with E-state index in [-0.39, 0.29) is 6.61 Å². The van der Waals surface area contributed by atoms with Gasteiger partial charge in [0.2, 0.25) is 0 Å². The Kier molecular flexibility index (Phi) is 9.10. The number of halogens is 1. The maximum atomic E-state index is 9.81. The summed E-state index contributed by atoms with van der Waals surface area (Å²) in [6.45, 7) is 8.26. The van der Waals surface area contributed by atoms with E-state index in [1.54, 1.807) is 12.1 Å². The molecule has 0 amide bonds. The number of aliphatic hydroxyl groups excluding tert-OH is 1. The molecule has 0 radical (unpaired) electrons. The number of aryl methyl sites for hydroxylation is 1. The highest BCUT2D eigenvalue weighted by atomic mass is 35.5. The van der Waals surface area contributed by atoms with Crippen LogP contribution in [0.15, 0.2) is 30.9 Å². The van der Waals surface area contributed by atoms with Gasteiger partial charge in [-0.15, -0.1) is 6.58 Å². The van der Waals surface area contributed by atoms with E-state index in [0.29, 0.717) is 37.1 Å². The second-order valence-electron chi connectivity index (χ2n) is 4.77. The largest absolute Gasteiger partial charge is 0.491 e. The Hall–Kier alpha value is -1.07. The van der Waals surface area contributed by atoms with E-state index in [2.05, 4.69) is 11.9 Å². The van der Waals surface area contributed by atoms with Crippen molar-refractivity contribution in [3.8, 4) is 5.75 Å². The Morgan fingerprint density at radius 2 is 2.24 bits per heavy atom. The van der Waals surface area contributed by atoms with Crippen LogP contribution < -0.4 is 10.1 Å². The van der Waals surface area contributed by atoms with Gasteiger partial charge in [0.15, 0.2) is 0 Å². The molecule has 0 saturated heterocycles. The monoisotopic (exact) mass is 313 g/mol. The highest BCUT2D eigenvalue weighted by Gasteiger charge is 2.05. The first-order chi connectivity index (χ1) is 10.1. The van der Waals surface area contributed by atoms with Gasteiger partial charge in [-0.3, -0.25) is 0 Å². The minimum Gasteiger partial charge on any atom is -0.491 e. The number of hydrogen-bond donors (Lipinski definition) is 2. The van der Waals surface area contributed by atoms with Gasteiger partial charge in [-0.05, 0) is 37.1 Å². The summed E-state index contributed by atoms with van der Waals surface area (Å²) in [6.07, 6.45) is 2.12. The minimum absolute atomic E-state index is 0.241. The van der Waals surface area contributed by atoms with E-state index in [0.717, 1.165) is 12.0 Å². The quantitative estimate of drug-likeness (QED) is 0.487. The fourth-order valence-electron chi connectivity index (χ4n) is 1.64. The fraction of sp³-hybridized carbons (Fsp3) is 0.500. The van der Waals surface area contributed by atoms with Crippen molar-refractivity contribution < 1.29 is 14.6 Å². The van der Waals surface area contributed by atoms with Gasteiger partial charge in [-0.2, -0.15) is 0 Å². The average molecular weight is 314 g/mol. The van der Waals surface area contributed by atoms with Gasteiger partial charge in [0.05, 0.1) is 13.2 Å². The summed E-state index contributed by atoms with van der Waals surface area (Å²) in [5, 5.41) is 13.6. The van der Waals surface area contributed by atoms with Crippen molar-refractivity contribution in [3.05, 3.63) is 41.4 Å². The predicted molar refractivity (Wildman–Crippen MR) is 86.2 cm³/mol. The van der Waals surface area contributed by atoms with Crippen molar-refractivity contribution in [1.29, 1.82) is 0 Å². The molecule has 0 saturated carbocycles. The third-order valence-electron chi connectivity index (χ3n) is 2.84. The van der Waals surface area contributed by atoms with Crippen molar-refractivity contribution in [3.63, 3.8) is 0 Å². The van der Waals surface area contributed by atoms with Crippen molar-refractivity contribution >= 4 is 11.6 Å². The zero-order valence-corrected chi connectivity index (χ0v) is 13.2. The molecule has 4 nitrogen and oxygen atoms in total. The molecule has 0 fully saturated rings. The van der Waals surface area contributed by atoms with E-state index in [1.165, 1.54) is 0 Å². The van der Waals surface area contributed by atoms with Crippen LogP contribution in [0.4, 0.5) is 0 Å². The molecule has 5 heteroatoms. The number of benzene rings is 1. The van der Waals surface area contributed by atoms with Gasteiger partial charge < -0.3 is 19.9 Å². The van der Waals surface area contributed by atoms with Gasteiger partial charge in [0.25, 0.3) is 0 Å². The van der Waals surface area contributed by atoms with Gasteiger partial charge in [0.1, 0.15) is 18.5 Å². The zero-order valence-electron chi connectivity index (χ0n) is 12.5. The number of ether oxygens (including phenoxy) is 2. The standard InChI is InChI=1S/C16H24ClNO3/c1-3-4-8-20-9-7-18-11-14(19)12-21-15-5-6-16(17)13(2)10-15/h3,5-6,10,14,18-19H,1,4,7-9,11-12H2,2H3. The highest BCUT2D eigenvalue weighted by molar-refractivity contribution is 6.31. The van der Waals surface area contributed by atoms with Gasteiger partial charge in [-0.25, -0.2) is 0 Å². The topological polar surface area (TPSA) is 50.7 Å². The van der Waals surface area contributed by atoms with Crippen LogP contribution in [-0.4, -0.2) is 44.1 Å². The molecule has 0 heterocycles. The van der Waals surface area contributed by atoms with Crippen LogP contribution in [0.1, 0.15) is 12.0 Å². The van der Waals surface area contributed by atoms with E-state index in [9.17, 15) is 5.11 Å². The summed E-state index contributed by atoms with van der Waals surface area (Å²) in [7, 11) is 0. The van der Waals surface area contributed by atoms with Crippen molar-refractivity contribution in [2.24, 2.45) is 0 Å². The molecular weight excluding hydrogens is 290 g/mol. The Morgan fingerprint density at radius 3 is 2.95 bits per heavy atom. The minimum atomic E-state index is -0.561. The average Bonchev–Trinajstić information content (AvgIpc) is 2.47. The fourth-order valence-corrected chi connectivity index (χ4v) is 1.76. The molecule has 21 heavy (non-hydrogen) atoms. The Bertz CT molecular complexity index is 426. The molecule has 0 aliphatic heterocycles. The molecule has 1 rings (SSSR count). The summed E-state index contributed by atoms with van der Waals surface area (Å²) in [4.78, 5) is 0. The summed E-state index contributed by atoms with van der Waals surface area (Å²) < 4.78 is 10.9. The SMILES string of the molecule is C=CCCOCCNCC(O)COc1ccc(Cl)c(C)c1. The summed E-state index contributed by atoms with van der Waals surface area (Å²) in [5.41, 5.74) is 0.957. The van der Waals surface area contributed by atoms with Crippen LogP contribution in [0.25, 0.3) is 0 Å². The van der Waals surface area contributed by atoms with Gasteiger partial charge in [-0.1, -0.05) is 17.7 Å². The maximum Gasteiger partial charge on any atom is 0.119 e. The molecule has 0 bridgehead atoms. The van der Waals surface area contributed by atoms with Crippen LogP contribution in [0.5, 0.6) is 5.75 Å². The molecule has 1 aromatic carbocycles. The zero-order chi connectivity index (χ0) is 15.5. The second kappa shape index (κ2) is 10.6. The third kappa shape index (κ3) is 8.07. The van der Waals surface area contributed by atoms with Gasteiger partial charge in [0, 0.05) is 18.1 Å². The lowest BCUT2D eigenvalue weighted by atomic mass is 10.2. The van der Waals surface area contributed by atoms with E-state index < -0.39 is 6.10 Å². The molecule has 0 spiro atoms. The van der Waals surface area contributed by atoms with E-state index >= 15 is 0 Å². The lowest BCUT2D eigenvalue weighted by Crippen LogP contribution is -2.33. The smallest absolute Gasteiger partial charge is 0.119 e. The number of aliphatic hydroxyl groups is 1. The Labute approximate surface area is 131 Å². The molecule has 0 aliphatic carbocycles. The molecule has 1 aromatic rings. The van der Waals surface area contributed by atoms with Crippen LogP contribution >= 0.6 is 11.6 Å². The predicted octanol–water partition coefficient (Wildman–Crippen LogP) is 2.57. The first kappa shape index (κ1) is 18.0. The summed E-state index contributed by atoms with van der Waals surface area (Å²) in [6, 6.07) is 5.44.